The number of nitrogens with zero attached hydrogens (tertiary/aromatic N) is 1. The maximum absolute atomic E-state index is 12.6. The highest BCUT2D eigenvalue weighted by molar-refractivity contribution is 5.80. The predicted molar refractivity (Wildman–Crippen MR) is 96.2 cm³/mol. The van der Waals surface area contributed by atoms with Crippen LogP contribution in [0.25, 0.3) is 0 Å². The predicted octanol–water partition coefficient (Wildman–Crippen LogP) is 2.28. The van der Waals surface area contributed by atoms with E-state index in [2.05, 4.69) is 24.5 Å². The van der Waals surface area contributed by atoms with E-state index in [4.69, 9.17) is 4.74 Å². The van der Waals surface area contributed by atoms with Gasteiger partial charge in [-0.05, 0) is 58.8 Å². The van der Waals surface area contributed by atoms with Crippen LogP contribution in [-0.2, 0) is 9.53 Å². The molecule has 3 rings (SSSR count). The summed E-state index contributed by atoms with van der Waals surface area (Å²) in [6.45, 7) is 7.39. The quantitative estimate of drug-likeness (QED) is 0.816. The fraction of sp³-hybridized carbons (Fsp3) is 0.895. The molecule has 0 bridgehead atoms. The van der Waals surface area contributed by atoms with Gasteiger partial charge >= 0.3 is 6.03 Å². The van der Waals surface area contributed by atoms with Crippen LogP contribution in [0, 0.1) is 11.8 Å². The van der Waals surface area contributed by atoms with Gasteiger partial charge in [-0.15, -0.1) is 0 Å². The summed E-state index contributed by atoms with van der Waals surface area (Å²) in [5.41, 5.74) is -0.160. The van der Waals surface area contributed by atoms with E-state index in [1.54, 1.807) is 0 Å². The van der Waals surface area contributed by atoms with Crippen LogP contribution in [0.5, 0.6) is 0 Å². The SMILES string of the molecule is CC1(C)OCCC1CNC(=O)N[C@H]1CC[C@@H](C(=O)N2CCCCC2)C1. The molecule has 0 aromatic heterocycles. The van der Waals surface area contributed by atoms with Crippen molar-refractivity contribution in [3.05, 3.63) is 0 Å². The third-order valence-electron chi connectivity index (χ3n) is 6.22. The lowest BCUT2D eigenvalue weighted by atomic mass is 9.91. The topological polar surface area (TPSA) is 70.7 Å². The molecule has 2 saturated heterocycles. The van der Waals surface area contributed by atoms with Crippen LogP contribution >= 0.6 is 0 Å². The Morgan fingerprint density at radius 2 is 1.88 bits per heavy atom. The molecule has 3 amide bonds. The monoisotopic (exact) mass is 351 g/mol. The van der Waals surface area contributed by atoms with Crippen molar-refractivity contribution >= 4 is 11.9 Å². The van der Waals surface area contributed by atoms with E-state index in [0.29, 0.717) is 18.4 Å². The highest BCUT2D eigenvalue weighted by atomic mass is 16.5. The number of likely N-dealkylation sites (tertiary alicyclic amines) is 1. The first-order valence-electron chi connectivity index (χ1n) is 9.93. The number of hydrogen-bond donors (Lipinski definition) is 2. The molecule has 3 fully saturated rings. The molecule has 0 aromatic rings. The Morgan fingerprint density at radius 1 is 1.12 bits per heavy atom. The number of carbonyl (C=O) groups excluding carboxylic acids is 2. The maximum atomic E-state index is 12.6. The van der Waals surface area contributed by atoms with Gasteiger partial charge in [0.05, 0.1) is 5.60 Å². The molecule has 0 radical (unpaired) electrons. The van der Waals surface area contributed by atoms with Crippen molar-refractivity contribution in [2.24, 2.45) is 11.8 Å². The number of piperidine rings is 1. The standard InChI is InChI=1S/C19H33N3O3/c1-19(2)15(8-11-25-19)13-20-18(24)21-16-7-6-14(12-16)17(23)22-9-4-3-5-10-22/h14-16H,3-13H2,1-2H3,(H2,20,21,24)/t14-,15?,16+/m1/s1. The van der Waals surface area contributed by atoms with E-state index in [1.807, 2.05) is 4.90 Å². The zero-order valence-electron chi connectivity index (χ0n) is 15.7. The zero-order valence-corrected chi connectivity index (χ0v) is 15.7. The van der Waals surface area contributed by atoms with Crippen molar-refractivity contribution in [2.45, 2.75) is 70.4 Å². The molecule has 142 valence electrons. The minimum Gasteiger partial charge on any atom is -0.375 e. The summed E-state index contributed by atoms with van der Waals surface area (Å²) in [6, 6.07) is 0.00495. The summed E-state index contributed by atoms with van der Waals surface area (Å²) in [7, 11) is 0. The van der Waals surface area contributed by atoms with E-state index in [9.17, 15) is 9.59 Å². The molecule has 2 aliphatic heterocycles. The van der Waals surface area contributed by atoms with E-state index < -0.39 is 0 Å². The van der Waals surface area contributed by atoms with Crippen LogP contribution in [-0.4, -0.2) is 54.7 Å². The van der Waals surface area contributed by atoms with Crippen LogP contribution in [0.2, 0.25) is 0 Å². The van der Waals surface area contributed by atoms with Crippen molar-refractivity contribution in [1.29, 1.82) is 0 Å². The second kappa shape index (κ2) is 7.94. The van der Waals surface area contributed by atoms with Crippen molar-refractivity contribution in [2.75, 3.05) is 26.2 Å². The molecule has 0 spiro atoms. The molecule has 1 aliphatic carbocycles. The van der Waals surface area contributed by atoms with Gasteiger partial charge in [0.1, 0.15) is 0 Å². The fourth-order valence-electron chi connectivity index (χ4n) is 4.44. The molecule has 2 heterocycles. The molecule has 2 N–H and O–H groups in total. The highest BCUT2D eigenvalue weighted by Crippen LogP contribution is 2.31. The normalized spacial score (nSPS) is 31.8. The minimum absolute atomic E-state index is 0.0885. The number of hydrogen-bond acceptors (Lipinski definition) is 3. The molecular formula is C19H33N3O3. The van der Waals surface area contributed by atoms with Gasteiger partial charge in [0, 0.05) is 44.1 Å². The van der Waals surface area contributed by atoms with Crippen LogP contribution in [0.1, 0.15) is 58.8 Å². The number of urea groups is 1. The molecule has 1 unspecified atom stereocenters. The van der Waals surface area contributed by atoms with Crippen molar-refractivity contribution in [3.8, 4) is 0 Å². The summed E-state index contributed by atoms with van der Waals surface area (Å²) in [4.78, 5) is 26.8. The van der Waals surface area contributed by atoms with Gasteiger partial charge in [0.2, 0.25) is 5.91 Å². The van der Waals surface area contributed by atoms with Crippen molar-refractivity contribution < 1.29 is 14.3 Å². The lowest BCUT2D eigenvalue weighted by molar-refractivity contribution is -0.136. The van der Waals surface area contributed by atoms with Gasteiger partial charge in [-0.25, -0.2) is 4.79 Å². The largest absolute Gasteiger partial charge is 0.375 e. The Hall–Kier alpha value is -1.30. The smallest absolute Gasteiger partial charge is 0.315 e. The minimum atomic E-state index is -0.160. The molecule has 6 nitrogen and oxygen atoms in total. The summed E-state index contributed by atoms with van der Waals surface area (Å²) in [5.74, 6) is 0.745. The third-order valence-corrected chi connectivity index (χ3v) is 6.22. The van der Waals surface area contributed by atoms with E-state index >= 15 is 0 Å². The molecule has 3 atom stereocenters. The Balaban J connectivity index is 1.39. The van der Waals surface area contributed by atoms with Gasteiger partial charge in [0.15, 0.2) is 0 Å². The zero-order chi connectivity index (χ0) is 17.9. The fourth-order valence-corrected chi connectivity index (χ4v) is 4.44. The number of amides is 3. The van der Waals surface area contributed by atoms with Gasteiger partial charge in [-0.2, -0.15) is 0 Å². The molecular weight excluding hydrogens is 318 g/mol. The first-order valence-corrected chi connectivity index (χ1v) is 9.93. The molecule has 6 heteroatoms. The molecule has 25 heavy (non-hydrogen) atoms. The van der Waals surface area contributed by atoms with E-state index in [-0.39, 0.29) is 23.6 Å². The average molecular weight is 351 g/mol. The van der Waals surface area contributed by atoms with Crippen molar-refractivity contribution in [3.63, 3.8) is 0 Å². The molecule has 1 saturated carbocycles. The summed E-state index contributed by atoms with van der Waals surface area (Å²) in [6.07, 6.45) is 7.05. The first-order chi connectivity index (χ1) is 12.0. The Labute approximate surface area is 151 Å². The lowest BCUT2D eigenvalue weighted by Gasteiger charge is -2.29. The number of ether oxygens (including phenoxy) is 1. The van der Waals surface area contributed by atoms with Crippen LogP contribution in [0.3, 0.4) is 0 Å². The van der Waals surface area contributed by atoms with Crippen LogP contribution < -0.4 is 10.6 Å². The highest BCUT2D eigenvalue weighted by Gasteiger charge is 2.36. The third kappa shape index (κ3) is 4.66. The average Bonchev–Trinajstić information content (AvgIpc) is 3.19. The number of rotatable bonds is 4. The number of carbonyl (C=O) groups is 2. The van der Waals surface area contributed by atoms with Crippen LogP contribution in [0.15, 0.2) is 0 Å². The Bertz CT molecular complexity index is 488. The molecule has 0 aromatic carbocycles. The van der Waals surface area contributed by atoms with Gasteiger partial charge in [-0.3, -0.25) is 4.79 Å². The van der Waals surface area contributed by atoms with Gasteiger partial charge in [-0.1, -0.05) is 0 Å². The van der Waals surface area contributed by atoms with Gasteiger partial charge in [0.25, 0.3) is 0 Å². The lowest BCUT2D eigenvalue weighted by Crippen LogP contribution is -2.45. The maximum Gasteiger partial charge on any atom is 0.315 e. The Morgan fingerprint density at radius 3 is 2.56 bits per heavy atom. The van der Waals surface area contributed by atoms with E-state index in [1.165, 1.54) is 6.42 Å². The summed E-state index contributed by atoms with van der Waals surface area (Å²) < 4.78 is 5.70. The van der Waals surface area contributed by atoms with E-state index in [0.717, 1.165) is 58.2 Å². The van der Waals surface area contributed by atoms with Gasteiger partial charge < -0.3 is 20.3 Å². The second-order valence-electron chi connectivity index (χ2n) is 8.38. The second-order valence-corrected chi connectivity index (χ2v) is 8.38. The first kappa shape index (κ1) is 18.5. The molecule has 3 aliphatic rings. The van der Waals surface area contributed by atoms with Crippen molar-refractivity contribution in [1.82, 2.24) is 15.5 Å². The Kier molecular flexibility index (Phi) is 5.87. The summed E-state index contributed by atoms with van der Waals surface area (Å²) >= 11 is 0. The van der Waals surface area contributed by atoms with Crippen LogP contribution in [0.4, 0.5) is 4.79 Å². The summed E-state index contributed by atoms with van der Waals surface area (Å²) in [5, 5.41) is 6.05. The number of nitrogens with one attached hydrogen (secondary N) is 2.